The molecule has 2 aromatic carbocycles. The first kappa shape index (κ1) is 12.9. The van der Waals surface area contributed by atoms with Crippen molar-refractivity contribution in [3.8, 4) is 0 Å². The smallest absolute Gasteiger partial charge is 0.229 e. The largest absolute Gasteiger partial charge is 0.388 e. The van der Waals surface area contributed by atoms with Crippen molar-refractivity contribution < 1.29 is 9.90 Å². The van der Waals surface area contributed by atoms with Crippen LogP contribution in [0.25, 0.3) is 0 Å². The Hall–Kier alpha value is -2.13. The Bertz CT molecular complexity index is 609. The Balaban J connectivity index is 1.72. The van der Waals surface area contributed by atoms with Crippen molar-refractivity contribution in [2.45, 2.75) is 18.9 Å². The zero-order chi connectivity index (χ0) is 13.9. The molecule has 2 aromatic rings. The molecule has 0 bridgehead atoms. The van der Waals surface area contributed by atoms with Crippen LogP contribution in [0.4, 0.5) is 5.69 Å². The number of hydrogen-bond acceptors (Lipinski definition) is 2. The number of carbonyl (C=O) groups excluding carboxylic acids is 1. The number of aliphatic hydroxyl groups excluding tert-OH is 1. The quantitative estimate of drug-likeness (QED) is 0.929. The third kappa shape index (κ3) is 2.45. The lowest BCUT2D eigenvalue weighted by atomic mass is 10.1. The number of nitrogens with zero attached hydrogens (tertiary/aromatic N) is 1. The molecule has 3 heteroatoms. The number of anilines is 1. The average Bonchev–Trinajstić information content (AvgIpc) is 2.92. The minimum absolute atomic E-state index is 0.0219. The standard InChI is InChI=1S/C17H17NO2/c19-16(14-7-2-1-3-8-14)12-17(20)18-11-10-13-6-4-5-9-15(13)18/h1-9,16,19H,10-12H2. The molecule has 1 heterocycles. The predicted octanol–water partition coefficient (Wildman–Crippen LogP) is 2.70. The minimum Gasteiger partial charge on any atom is -0.388 e. The predicted molar refractivity (Wildman–Crippen MR) is 78.5 cm³/mol. The first-order valence-electron chi connectivity index (χ1n) is 6.87. The summed E-state index contributed by atoms with van der Waals surface area (Å²) in [5.74, 6) is -0.0219. The fourth-order valence-corrected chi connectivity index (χ4v) is 2.67. The maximum absolute atomic E-state index is 12.4. The van der Waals surface area contributed by atoms with Crippen molar-refractivity contribution in [2.24, 2.45) is 0 Å². The Labute approximate surface area is 118 Å². The summed E-state index contributed by atoms with van der Waals surface area (Å²) < 4.78 is 0. The van der Waals surface area contributed by atoms with Crippen molar-refractivity contribution in [1.82, 2.24) is 0 Å². The van der Waals surface area contributed by atoms with Gasteiger partial charge in [-0.3, -0.25) is 4.79 Å². The van der Waals surface area contributed by atoms with Gasteiger partial charge in [-0.1, -0.05) is 48.5 Å². The number of hydrogen-bond donors (Lipinski definition) is 1. The number of carbonyl (C=O) groups is 1. The van der Waals surface area contributed by atoms with Crippen LogP contribution in [0, 0.1) is 0 Å². The van der Waals surface area contributed by atoms with Gasteiger partial charge in [0.25, 0.3) is 0 Å². The molecular formula is C17H17NO2. The molecule has 0 aromatic heterocycles. The highest BCUT2D eigenvalue weighted by Crippen LogP contribution is 2.29. The number of amides is 1. The summed E-state index contributed by atoms with van der Waals surface area (Å²) in [6.07, 6.45) is 0.276. The summed E-state index contributed by atoms with van der Waals surface area (Å²) in [5.41, 5.74) is 2.97. The molecule has 1 aliphatic rings. The van der Waals surface area contributed by atoms with Crippen molar-refractivity contribution in [3.63, 3.8) is 0 Å². The SMILES string of the molecule is O=C(CC(O)c1ccccc1)N1CCc2ccccc21. The zero-order valence-corrected chi connectivity index (χ0v) is 11.2. The highest BCUT2D eigenvalue weighted by Gasteiger charge is 2.25. The first-order chi connectivity index (χ1) is 9.75. The van der Waals surface area contributed by atoms with Gasteiger partial charge < -0.3 is 10.0 Å². The van der Waals surface area contributed by atoms with E-state index in [1.807, 2.05) is 48.5 Å². The summed E-state index contributed by atoms with van der Waals surface area (Å²) in [7, 11) is 0. The fraction of sp³-hybridized carbons (Fsp3) is 0.235. The van der Waals surface area contributed by atoms with E-state index in [2.05, 4.69) is 6.07 Å². The molecule has 20 heavy (non-hydrogen) atoms. The van der Waals surface area contributed by atoms with E-state index < -0.39 is 6.10 Å². The Kier molecular flexibility index (Phi) is 3.52. The molecular weight excluding hydrogens is 250 g/mol. The molecule has 1 N–H and O–H groups in total. The molecule has 0 saturated heterocycles. The first-order valence-corrected chi connectivity index (χ1v) is 6.87. The van der Waals surface area contributed by atoms with Gasteiger partial charge in [0.15, 0.2) is 0 Å². The van der Waals surface area contributed by atoms with E-state index in [-0.39, 0.29) is 12.3 Å². The third-order valence-electron chi connectivity index (χ3n) is 3.74. The maximum atomic E-state index is 12.4. The second-order valence-corrected chi connectivity index (χ2v) is 5.05. The number of fused-ring (bicyclic) bond motifs is 1. The third-order valence-corrected chi connectivity index (χ3v) is 3.74. The van der Waals surface area contributed by atoms with Crippen LogP contribution in [0.2, 0.25) is 0 Å². The van der Waals surface area contributed by atoms with Crippen molar-refractivity contribution in [1.29, 1.82) is 0 Å². The molecule has 102 valence electrons. The molecule has 3 nitrogen and oxygen atoms in total. The van der Waals surface area contributed by atoms with Crippen LogP contribution in [-0.2, 0) is 11.2 Å². The lowest BCUT2D eigenvalue weighted by Gasteiger charge is -2.19. The molecule has 3 rings (SSSR count). The molecule has 0 radical (unpaired) electrons. The van der Waals surface area contributed by atoms with E-state index in [0.717, 1.165) is 17.7 Å². The van der Waals surface area contributed by atoms with Gasteiger partial charge in [0, 0.05) is 12.2 Å². The summed E-state index contributed by atoms with van der Waals surface area (Å²) in [6.45, 7) is 0.708. The number of benzene rings is 2. The lowest BCUT2D eigenvalue weighted by molar-refractivity contribution is -0.120. The Morgan fingerprint density at radius 1 is 1.10 bits per heavy atom. The van der Waals surface area contributed by atoms with Crippen molar-refractivity contribution >= 4 is 11.6 Å². The average molecular weight is 267 g/mol. The van der Waals surface area contributed by atoms with Gasteiger partial charge in [0.05, 0.1) is 12.5 Å². The van der Waals surface area contributed by atoms with Gasteiger partial charge in [-0.2, -0.15) is 0 Å². The molecule has 1 unspecified atom stereocenters. The van der Waals surface area contributed by atoms with E-state index >= 15 is 0 Å². The van der Waals surface area contributed by atoms with Crippen LogP contribution >= 0.6 is 0 Å². The lowest BCUT2D eigenvalue weighted by Crippen LogP contribution is -2.30. The fourth-order valence-electron chi connectivity index (χ4n) is 2.67. The highest BCUT2D eigenvalue weighted by atomic mass is 16.3. The van der Waals surface area contributed by atoms with Gasteiger partial charge in [-0.25, -0.2) is 0 Å². The molecule has 1 atom stereocenters. The summed E-state index contributed by atoms with van der Waals surface area (Å²) in [6, 6.07) is 17.3. The van der Waals surface area contributed by atoms with E-state index in [0.29, 0.717) is 6.54 Å². The molecule has 1 aliphatic heterocycles. The normalized spacial score (nSPS) is 14.9. The van der Waals surface area contributed by atoms with Crippen LogP contribution in [0.3, 0.4) is 0 Å². The Morgan fingerprint density at radius 3 is 2.60 bits per heavy atom. The van der Waals surface area contributed by atoms with Gasteiger partial charge in [-0.15, -0.1) is 0 Å². The van der Waals surface area contributed by atoms with E-state index in [4.69, 9.17) is 0 Å². The monoisotopic (exact) mass is 267 g/mol. The topological polar surface area (TPSA) is 40.5 Å². The van der Waals surface area contributed by atoms with E-state index in [1.54, 1.807) is 4.90 Å². The highest BCUT2D eigenvalue weighted by molar-refractivity contribution is 5.95. The van der Waals surface area contributed by atoms with E-state index in [9.17, 15) is 9.90 Å². The number of aliphatic hydroxyl groups is 1. The van der Waals surface area contributed by atoms with Gasteiger partial charge in [-0.05, 0) is 23.6 Å². The van der Waals surface area contributed by atoms with Crippen LogP contribution in [0.5, 0.6) is 0 Å². The molecule has 0 saturated carbocycles. The summed E-state index contributed by atoms with van der Waals surface area (Å²) in [5, 5.41) is 10.2. The van der Waals surface area contributed by atoms with Crippen molar-refractivity contribution in [2.75, 3.05) is 11.4 Å². The summed E-state index contributed by atoms with van der Waals surface area (Å²) >= 11 is 0. The number of rotatable bonds is 3. The van der Waals surface area contributed by atoms with Crippen LogP contribution in [-0.4, -0.2) is 17.6 Å². The zero-order valence-electron chi connectivity index (χ0n) is 11.2. The second kappa shape index (κ2) is 5.47. The Morgan fingerprint density at radius 2 is 1.80 bits per heavy atom. The second-order valence-electron chi connectivity index (χ2n) is 5.05. The number of para-hydroxylation sites is 1. The van der Waals surface area contributed by atoms with Crippen molar-refractivity contribution in [3.05, 3.63) is 65.7 Å². The van der Waals surface area contributed by atoms with Gasteiger partial charge in [0.2, 0.25) is 5.91 Å². The van der Waals surface area contributed by atoms with Gasteiger partial charge in [0.1, 0.15) is 0 Å². The van der Waals surface area contributed by atoms with Gasteiger partial charge >= 0.3 is 0 Å². The molecule has 0 fully saturated rings. The van der Waals surface area contributed by atoms with Crippen LogP contribution in [0.15, 0.2) is 54.6 Å². The van der Waals surface area contributed by atoms with Crippen LogP contribution in [0.1, 0.15) is 23.7 Å². The van der Waals surface area contributed by atoms with E-state index in [1.165, 1.54) is 5.56 Å². The molecule has 0 spiro atoms. The maximum Gasteiger partial charge on any atom is 0.229 e. The minimum atomic E-state index is -0.739. The molecule has 1 amide bonds. The summed E-state index contributed by atoms with van der Waals surface area (Å²) in [4.78, 5) is 14.1. The van der Waals surface area contributed by atoms with Crippen LogP contribution < -0.4 is 4.90 Å². The molecule has 0 aliphatic carbocycles.